The lowest BCUT2D eigenvalue weighted by molar-refractivity contribution is 0.0959. The zero-order valence-corrected chi connectivity index (χ0v) is 14.0. The molecule has 1 amide bonds. The van der Waals surface area contributed by atoms with Gasteiger partial charge in [0.1, 0.15) is 11.3 Å². The summed E-state index contributed by atoms with van der Waals surface area (Å²) in [6.07, 6.45) is 0. The highest BCUT2D eigenvalue weighted by Gasteiger charge is 2.17. The number of hydrogen-bond donors (Lipinski definition) is 2. The molecule has 3 rings (SSSR count). The van der Waals surface area contributed by atoms with Crippen molar-refractivity contribution in [1.82, 2.24) is 10.4 Å². The van der Waals surface area contributed by atoms with Crippen LogP contribution in [0.25, 0.3) is 10.2 Å². The summed E-state index contributed by atoms with van der Waals surface area (Å²) in [4.78, 5) is 16.3. The quantitative estimate of drug-likeness (QED) is 0.679. The van der Waals surface area contributed by atoms with E-state index in [1.54, 1.807) is 18.2 Å². The number of carbonyl (C=O) groups excluding carboxylic acids is 1. The van der Waals surface area contributed by atoms with Crippen LogP contribution in [0.15, 0.2) is 30.3 Å². The van der Waals surface area contributed by atoms with Gasteiger partial charge < -0.3 is 9.47 Å². The molecule has 0 aliphatic rings. The summed E-state index contributed by atoms with van der Waals surface area (Å²) < 4.78 is 37.6. The van der Waals surface area contributed by atoms with Crippen molar-refractivity contribution in [2.24, 2.45) is 0 Å². The van der Waals surface area contributed by atoms with E-state index in [9.17, 15) is 13.6 Å². The summed E-state index contributed by atoms with van der Waals surface area (Å²) in [5.74, 6) is -1.26. The number of methoxy groups -OCH3 is 2. The minimum Gasteiger partial charge on any atom is -0.493 e. The van der Waals surface area contributed by atoms with Crippen molar-refractivity contribution in [3.05, 3.63) is 47.5 Å². The Labute approximate surface area is 145 Å². The van der Waals surface area contributed by atoms with Crippen LogP contribution in [0.2, 0.25) is 0 Å². The number of benzene rings is 2. The molecule has 2 aromatic carbocycles. The number of rotatable bonds is 5. The van der Waals surface area contributed by atoms with Crippen molar-refractivity contribution in [3.8, 4) is 11.5 Å². The Morgan fingerprint density at radius 3 is 2.72 bits per heavy atom. The molecule has 0 saturated carbocycles. The van der Waals surface area contributed by atoms with Crippen molar-refractivity contribution >= 4 is 32.6 Å². The van der Waals surface area contributed by atoms with Gasteiger partial charge in [0, 0.05) is 6.07 Å². The number of amides is 1. The highest BCUT2D eigenvalue weighted by molar-refractivity contribution is 7.22. The first-order valence-corrected chi connectivity index (χ1v) is 7.88. The number of thiazole rings is 1. The summed E-state index contributed by atoms with van der Waals surface area (Å²) in [6, 6.07) is 6.80. The molecule has 1 aromatic heterocycles. The van der Waals surface area contributed by atoms with Crippen molar-refractivity contribution in [2.45, 2.75) is 0 Å². The van der Waals surface area contributed by atoms with E-state index in [0.29, 0.717) is 10.4 Å². The lowest BCUT2D eigenvalue weighted by Crippen LogP contribution is -2.29. The molecule has 130 valence electrons. The number of anilines is 1. The fourth-order valence-electron chi connectivity index (χ4n) is 2.25. The van der Waals surface area contributed by atoms with Gasteiger partial charge in [0.05, 0.1) is 24.5 Å². The number of halogens is 2. The number of nitrogens with one attached hydrogen (secondary N) is 2. The van der Waals surface area contributed by atoms with Crippen molar-refractivity contribution in [3.63, 3.8) is 0 Å². The maximum absolute atomic E-state index is 13.7. The molecule has 0 fully saturated rings. The summed E-state index contributed by atoms with van der Waals surface area (Å²) in [5, 5.41) is 0.217. The Balaban J connectivity index is 1.80. The van der Waals surface area contributed by atoms with Crippen LogP contribution in [0.4, 0.5) is 13.9 Å². The number of para-hydroxylation sites is 1. The lowest BCUT2D eigenvalue weighted by atomic mass is 10.2. The van der Waals surface area contributed by atoms with E-state index in [0.717, 1.165) is 17.4 Å². The smallest absolute Gasteiger partial charge is 0.273 e. The second-order valence-electron chi connectivity index (χ2n) is 4.87. The van der Waals surface area contributed by atoms with Gasteiger partial charge in [-0.05, 0) is 18.2 Å². The Kier molecular flexibility index (Phi) is 4.66. The number of ether oxygens (including phenoxy) is 2. The highest BCUT2D eigenvalue weighted by atomic mass is 32.1. The summed E-state index contributed by atoms with van der Waals surface area (Å²) in [7, 11) is 2.89. The number of carbonyl (C=O) groups is 1. The van der Waals surface area contributed by atoms with Gasteiger partial charge in [-0.15, -0.1) is 0 Å². The second kappa shape index (κ2) is 6.89. The topological polar surface area (TPSA) is 72.5 Å². The van der Waals surface area contributed by atoms with Gasteiger partial charge >= 0.3 is 0 Å². The molecule has 0 bridgehead atoms. The van der Waals surface area contributed by atoms with Crippen LogP contribution in [0.1, 0.15) is 10.4 Å². The zero-order chi connectivity index (χ0) is 18.0. The minimum atomic E-state index is -0.764. The van der Waals surface area contributed by atoms with Crippen LogP contribution >= 0.6 is 11.3 Å². The van der Waals surface area contributed by atoms with E-state index < -0.39 is 17.5 Å². The Morgan fingerprint density at radius 1 is 1.20 bits per heavy atom. The van der Waals surface area contributed by atoms with E-state index >= 15 is 0 Å². The average Bonchev–Trinajstić information content (AvgIpc) is 3.02. The van der Waals surface area contributed by atoms with Crippen LogP contribution < -0.4 is 20.3 Å². The first-order chi connectivity index (χ1) is 12.0. The molecule has 0 unspecified atom stereocenters. The van der Waals surface area contributed by atoms with Gasteiger partial charge in [-0.3, -0.25) is 15.6 Å². The van der Waals surface area contributed by atoms with Gasteiger partial charge in [-0.1, -0.05) is 17.4 Å². The molecule has 25 heavy (non-hydrogen) atoms. The molecule has 0 radical (unpaired) electrons. The lowest BCUT2D eigenvalue weighted by Gasteiger charge is -2.12. The molecule has 3 aromatic rings. The van der Waals surface area contributed by atoms with Crippen LogP contribution in [0.3, 0.4) is 0 Å². The Bertz CT molecular complexity index is 946. The normalized spacial score (nSPS) is 10.6. The van der Waals surface area contributed by atoms with Gasteiger partial charge in [-0.2, -0.15) is 0 Å². The third-order valence-electron chi connectivity index (χ3n) is 3.34. The van der Waals surface area contributed by atoms with E-state index in [1.165, 1.54) is 20.3 Å². The van der Waals surface area contributed by atoms with Gasteiger partial charge in [-0.25, -0.2) is 13.8 Å². The number of hydrogen-bond acceptors (Lipinski definition) is 6. The van der Waals surface area contributed by atoms with Crippen LogP contribution in [-0.2, 0) is 0 Å². The first kappa shape index (κ1) is 16.9. The number of fused-ring (bicyclic) bond motifs is 1. The molecule has 9 heteroatoms. The molecule has 0 aliphatic heterocycles. The van der Waals surface area contributed by atoms with E-state index in [4.69, 9.17) is 9.47 Å². The molecule has 1 heterocycles. The van der Waals surface area contributed by atoms with Crippen LogP contribution in [0, 0.1) is 11.6 Å². The molecular weight excluding hydrogens is 352 g/mol. The number of hydrazine groups is 1. The monoisotopic (exact) mass is 365 g/mol. The predicted octanol–water partition coefficient (Wildman–Crippen LogP) is 3.35. The zero-order valence-electron chi connectivity index (χ0n) is 13.2. The molecule has 0 aliphatic carbocycles. The second-order valence-corrected chi connectivity index (χ2v) is 5.90. The molecular formula is C16H13F2N3O3S. The third kappa shape index (κ3) is 3.31. The van der Waals surface area contributed by atoms with Gasteiger partial charge in [0.2, 0.25) is 5.13 Å². The predicted molar refractivity (Wildman–Crippen MR) is 90.2 cm³/mol. The maximum atomic E-state index is 13.7. The molecule has 0 saturated heterocycles. The van der Waals surface area contributed by atoms with Crippen molar-refractivity contribution in [2.75, 3.05) is 19.6 Å². The van der Waals surface area contributed by atoms with Crippen molar-refractivity contribution < 1.29 is 23.0 Å². The van der Waals surface area contributed by atoms with Crippen LogP contribution in [0.5, 0.6) is 11.5 Å². The summed E-state index contributed by atoms with van der Waals surface area (Å²) in [6.45, 7) is 0. The van der Waals surface area contributed by atoms with E-state index in [-0.39, 0.29) is 22.0 Å². The maximum Gasteiger partial charge on any atom is 0.273 e. The van der Waals surface area contributed by atoms with Crippen LogP contribution in [-0.4, -0.2) is 25.1 Å². The summed E-state index contributed by atoms with van der Waals surface area (Å²) in [5.41, 5.74) is 5.31. The van der Waals surface area contributed by atoms with E-state index in [2.05, 4.69) is 15.8 Å². The molecule has 2 N–H and O–H groups in total. The van der Waals surface area contributed by atoms with E-state index in [1.807, 2.05) is 0 Å². The Morgan fingerprint density at radius 2 is 2.00 bits per heavy atom. The summed E-state index contributed by atoms with van der Waals surface area (Å²) >= 11 is 1.01. The number of aromatic nitrogens is 1. The number of nitrogens with zero attached hydrogens (tertiary/aromatic N) is 1. The average molecular weight is 365 g/mol. The molecule has 0 spiro atoms. The van der Waals surface area contributed by atoms with Crippen molar-refractivity contribution in [1.29, 1.82) is 0 Å². The minimum absolute atomic E-state index is 0.0297. The fraction of sp³-hybridized carbons (Fsp3) is 0.125. The SMILES string of the molecule is COc1cccc(C(=O)NNc2nc3c(F)cc(F)cc3s2)c1OC. The van der Waals surface area contributed by atoms with Gasteiger partial charge in [0.15, 0.2) is 17.3 Å². The molecule has 0 atom stereocenters. The molecule has 6 nitrogen and oxygen atoms in total. The highest BCUT2D eigenvalue weighted by Crippen LogP contribution is 2.31. The fourth-order valence-corrected chi connectivity index (χ4v) is 3.11. The Hall–Kier alpha value is -2.94. The largest absolute Gasteiger partial charge is 0.493 e. The first-order valence-electron chi connectivity index (χ1n) is 7.06. The third-order valence-corrected chi connectivity index (χ3v) is 4.26. The standard InChI is InChI=1S/C16H13F2N3O3S/c1-23-11-5-3-4-9(14(11)24-2)15(22)20-21-16-19-13-10(18)6-8(17)7-12(13)25-16/h3-7H,1-2H3,(H,19,21)(H,20,22). The van der Waals surface area contributed by atoms with Gasteiger partial charge in [0.25, 0.3) is 5.91 Å².